The predicted molar refractivity (Wildman–Crippen MR) is 68.9 cm³/mol. The summed E-state index contributed by atoms with van der Waals surface area (Å²) >= 11 is 0. The lowest BCUT2D eigenvalue weighted by molar-refractivity contribution is -0.141. The number of aromatic nitrogens is 2. The quantitative estimate of drug-likeness (QED) is 0.860. The van der Waals surface area contributed by atoms with E-state index in [-0.39, 0.29) is 11.6 Å². The van der Waals surface area contributed by atoms with Gasteiger partial charge in [0, 0.05) is 23.8 Å². The van der Waals surface area contributed by atoms with Gasteiger partial charge in [-0.3, -0.25) is 4.79 Å². The third kappa shape index (κ3) is 3.29. The van der Waals surface area contributed by atoms with Crippen molar-refractivity contribution < 1.29 is 22.7 Å². The lowest BCUT2D eigenvalue weighted by Gasteiger charge is -2.19. The molecule has 0 spiro atoms. The number of halogens is 3. The fourth-order valence-electron chi connectivity index (χ4n) is 1.90. The first-order chi connectivity index (χ1) is 9.82. The molecule has 112 valence electrons. The number of hydrogen-bond acceptors (Lipinski definition) is 4. The first kappa shape index (κ1) is 15.2. The molecule has 1 atom stereocenters. The van der Waals surface area contributed by atoms with E-state index >= 15 is 0 Å². The van der Waals surface area contributed by atoms with Gasteiger partial charge >= 0.3 is 6.18 Å². The average Bonchev–Trinajstić information content (AvgIpc) is 2.42. The summed E-state index contributed by atoms with van der Waals surface area (Å²) in [5.41, 5.74) is -0.724. The topological polar surface area (TPSA) is 52.1 Å². The zero-order chi connectivity index (χ0) is 15.6. The molecule has 0 amide bonds. The Hall–Kier alpha value is -2.18. The molecular formula is C14H13F3N2O2. The Bertz CT molecular complexity index is 621. The maximum Gasteiger partial charge on any atom is 0.433 e. The molecule has 1 aliphatic rings. The summed E-state index contributed by atoms with van der Waals surface area (Å²) in [4.78, 5) is 19.2. The molecule has 1 aromatic heterocycles. The number of carbonyl (C=O) groups is 1. The minimum atomic E-state index is -4.56. The molecule has 0 aromatic carbocycles. The van der Waals surface area contributed by atoms with Gasteiger partial charge in [-0.15, -0.1) is 0 Å². The smallest absolute Gasteiger partial charge is 0.433 e. The summed E-state index contributed by atoms with van der Waals surface area (Å²) in [5, 5.41) is 0. The maximum absolute atomic E-state index is 12.7. The molecule has 0 fully saturated rings. The Morgan fingerprint density at radius 2 is 2.05 bits per heavy atom. The van der Waals surface area contributed by atoms with Crippen LogP contribution in [0.15, 0.2) is 30.2 Å². The van der Waals surface area contributed by atoms with Crippen molar-refractivity contribution in [2.75, 3.05) is 6.61 Å². The monoisotopic (exact) mass is 298 g/mol. The Balaban J connectivity index is 2.44. The molecule has 0 aliphatic heterocycles. The van der Waals surface area contributed by atoms with Gasteiger partial charge in [-0.05, 0) is 19.1 Å². The number of alkyl halides is 3. The van der Waals surface area contributed by atoms with E-state index in [1.165, 1.54) is 12.2 Å². The van der Waals surface area contributed by atoms with Crippen molar-refractivity contribution in [3.05, 3.63) is 41.7 Å². The first-order valence-corrected chi connectivity index (χ1v) is 6.33. The standard InChI is InChI=1S/C14H13F3N2O2/c1-3-21-9-6-10(8(2)11(20)7-9)13-18-5-4-12(19-13)14(15,16)17/h4-8H,3H2,1-2H3. The summed E-state index contributed by atoms with van der Waals surface area (Å²) in [6.07, 6.45) is -0.697. The van der Waals surface area contributed by atoms with Gasteiger partial charge in [0.25, 0.3) is 0 Å². The lowest BCUT2D eigenvalue weighted by Crippen LogP contribution is -2.18. The van der Waals surface area contributed by atoms with E-state index in [1.807, 2.05) is 0 Å². The van der Waals surface area contributed by atoms with E-state index in [1.54, 1.807) is 13.8 Å². The van der Waals surface area contributed by atoms with Crippen LogP contribution in [0.1, 0.15) is 25.4 Å². The minimum absolute atomic E-state index is 0.115. The first-order valence-electron chi connectivity index (χ1n) is 6.33. The number of allylic oxidation sites excluding steroid dienone is 3. The second-order valence-electron chi connectivity index (χ2n) is 4.47. The predicted octanol–water partition coefficient (Wildman–Crippen LogP) is 3.02. The fraction of sp³-hybridized carbons (Fsp3) is 0.357. The van der Waals surface area contributed by atoms with Crippen LogP contribution in [0.2, 0.25) is 0 Å². The molecule has 0 saturated carbocycles. The molecule has 0 N–H and O–H groups in total. The number of nitrogens with zero attached hydrogens (tertiary/aromatic N) is 2. The van der Waals surface area contributed by atoms with Gasteiger partial charge in [-0.1, -0.05) is 6.92 Å². The lowest BCUT2D eigenvalue weighted by atomic mass is 9.90. The largest absolute Gasteiger partial charge is 0.494 e. The van der Waals surface area contributed by atoms with Gasteiger partial charge in [0.1, 0.15) is 11.5 Å². The van der Waals surface area contributed by atoms with Gasteiger partial charge in [0.2, 0.25) is 0 Å². The summed E-state index contributed by atoms with van der Waals surface area (Å²) in [7, 11) is 0. The van der Waals surface area contributed by atoms with Gasteiger partial charge in [-0.2, -0.15) is 13.2 Å². The zero-order valence-corrected chi connectivity index (χ0v) is 11.4. The van der Waals surface area contributed by atoms with E-state index in [4.69, 9.17) is 4.74 Å². The summed E-state index contributed by atoms with van der Waals surface area (Å²) in [6.45, 7) is 3.69. The third-order valence-electron chi connectivity index (χ3n) is 2.99. The van der Waals surface area contributed by atoms with Crippen LogP contribution in [0.25, 0.3) is 5.57 Å². The van der Waals surface area contributed by atoms with E-state index < -0.39 is 17.8 Å². The molecular weight excluding hydrogens is 285 g/mol. The van der Waals surface area contributed by atoms with E-state index in [0.717, 1.165) is 12.3 Å². The average molecular weight is 298 g/mol. The van der Waals surface area contributed by atoms with Crippen LogP contribution in [0.5, 0.6) is 0 Å². The molecule has 0 radical (unpaired) electrons. The summed E-state index contributed by atoms with van der Waals surface area (Å²) in [6, 6.07) is 0.790. The molecule has 4 nitrogen and oxygen atoms in total. The van der Waals surface area contributed by atoms with Crippen LogP contribution in [0.3, 0.4) is 0 Å². The van der Waals surface area contributed by atoms with Crippen molar-refractivity contribution in [1.82, 2.24) is 9.97 Å². The molecule has 0 bridgehead atoms. The Kier molecular flexibility index (Phi) is 4.11. The van der Waals surface area contributed by atoms with E-state index in [2.05, 4.69) is 9.97 Å². The van der Waals surface area contributed by atoms with Crippen LogP contribution >= 0.6 is 0 Å². The van der Waals surface area contributed by atoms with Crippen LogP contribution in [-0.2, 0) is 15.7 Å². The molecule has 1 aliphatic carbocycles. The van der Waals surface area contributed by atoms with Crippen molar-refractivity contribution in [2.45, 2.75) is 20.0 Å². The SMILES string of the molecule is CCOC1=CC(=O)C(C)C(c2nccc(C(F)(F)F)n2)=C1. The molecule has 2 rings (SSSR count). The molecule has 0 saturated heterocycles. The highest BCUT2D eigenvalue weighted by molar-refractivity contribution is 6.02. The summed E-state index contributed by atoms with van der Waals surface area (Å²) in [5.74, 6) is -0.678. The van der Waals surface area contributed by atoms with Crippen LogP contribution in [-0.4, -0.2) is 22.4 Å². The maximum atomic E-state index is 12.7. The minimum Gasteiger partial charge on any atom is -0.494 e. The molecule has 1 heterocycles. The highest BCUT2D eigenvalue weighted by Gasteiger charge is 2.34. The van der Waals surface area contributed by atoms with E-state index in [9.17, 15) is 18.0 Å². The Morgan fingerprint density at radius 1 is 1.33 bits per heavy atom. The van der Waals surface area contributed by atoms with Crippen molar-refractivity contribution in [2.24, 2.45) is 5.92 Å². The zero-order valence-electron chi connectivity index (χ0n) is 11.4. The second kappa shape index (κ2) is 5.67. The number of ether oxygens (including phenoxy) is 1. The number of carbonyl (C=O) groups excluding carboxylic acids is 1. The summed E-state index contributed by atoms with van der Waals surface area (Å²) < 4.78 is 43.3. The van der Waals surface area contributed by atoms with Gasteiger partial charge < -0.3 is 4.74 Å². The van der Waals surface area contributed by atoms with Crippen LogP contribution < -0.4 is 0 Å². The van der Waals surface area contributed by atoms with Crippen LogP contribution in [0.4, 0.5) is 13.2 Å². The van der Waals surface area contributed by atoms with E-state index in [0.29, 0.717) is 17.9 Å². The molecule has 21 heavy (non-hydrogen) atoms. The Labute approximate surface area is 119 Å². The number of rotatable bonds is 3. The van der Waals surface area contributed by atoms with Crippen molar-refractivity contribution in [1.29, 1.82) is 0 Å². The molecule has 1 unspecified atom stereocenters. The van der Waals surface area contributed by atoms with Crippen molar-refractivity contribution in [3.63, 3.8) is 0 Å². The number of hydrogen-bond donors (Lipinski definition) is 0. The normalized spacial score (nSPS) is 19.1. The second-order valence-corrected chi connectivity index (χ2v) is 4.47. The third-order valence-corrected chi connectivity index (χ3v) is 2.99. The highest BCUT2D eigenvalue weighted by Crippen LogP contribution is 2.31. The molecule has 7 heteroatoms. The fourth-order valence-corrected chi connectivity index (χ4v) is 1.90. The highest BCUT2D eigenvalue weighted by atomic mass is 19.4. The molecule has 1 aromatic rings. The van der Waals surface area contributed by atoms with Crippen LogP contribution in [0, 0.1) is 5.92 Å². The number of ketones is 1. The van der Waals surface area contributed by atoms with Gasteiger partial charge in [0.15, 0.2) is 11.6 Å². The van der Waals surface area contributed by atoms with Gasteiger partial charge in [-0.25, -0.2) is 9.97 Å². The van der Waals surface area contributed by atoms with Crippen molar-refractivity contribution >= 4 is 11.4 Å². The van der Waals surface area contributed by atoms with Crippen molar-refractivity contribution in [3.8, 4) is 0 Å². The van der Waals surface area contributed by atoms with Gasteiger partial charge in [0.05, 0.1) is 6.61 Å². The Morgan fingerprint density at radius 3 is 2.67 bits per heavy atom.